The van der Waals surface area contributed by atoms with Crippen molar-refractivity contribution in [2.24, 2.45) is 0 Å². The number of likely N-dealkylation sites (N-methyl/N-ethyl adjacent to an activating group) is 1. The number of anilines is 2. The molecule has 0 spiro atoms. The van der Waals surface area contributed by atoms with E-state index in [-0.39, 0.29) is 12.5 Å². The van der Waals surface area contributed by atoms with E-state index in [9.17, 15) is 4.79 Å². The molecule has 0 saturated carbocycles. The van der Waals surface area contributed by atoms with Crippen molar-refractivity contribution in [3.63, 3.8) is 0 Å². The molecule has 3 aromatic rings. The Bertz CT molecular complexity index is 939. The lowest BCUT2D eigenvalue weighted by molar-refractivity contribution is -0.117. The van der Waals surface area contributed by atoms with Gasteiger partial charge in [-0.2, -0.15) is 4.98 Å². The van der Waals surface area contributed by atoms with E-state index in [4.69, 9.17) is 4.74 Å². The lowest BCUT2D eigenvalue weighted by atomic mass is 10.2. The molecule has 0 saturated heterocycles. The van der Waals surface area contributed by atoms with Crippen LogP contribution < -0.4 is 14.5 Å². The lowest BCUT2D eigenvalue weighted by Gasteiger charge is -2.22. The van der Waals surface area contributed by atoms with E-state index in [2.05, 4.69) is 24.9 Å². The van der Waals surface area contributed by atoms with Gasteiger partial charge in [-0.15, -0.1) is 0 Å². The number of amides is 1. The summed E-state index contributed by atoms with van der Waals surface area (Å²) >= 11 is 0. The Morgan fingerprint density at radius 2 is 2.24 bits per heavy atom. The summed E-state index contributed by atoms with van der Waals surface area (Å²) in [5.74, 6) is 1.76. The Hall–Kier alpha value is -3.23. The van der Waals surface area contributed by atoms with Crippen LogP contribution in [0.25, 0.3) is 11.2 Å². The van der Waals surface area contributed by atoms with Crippen molar-refractivity contribution >= 4 is 28.7 Å². The first-order valence-electron chi connectivity index (χ1n) is 7.87. The molecule has 1 N–H and O–H groups in total. The fourth-order valence-corrected chi connectivity index (χ4v) is 2.99. The minimum Gasteiger partial charge on any atom is -0.481 e. The maximum Gasteiger partial charge on any atom is 0.247 e. The molecule has 25 heavy (non-hydrogen) atoms. The highest BCUT2D eigenvalue weighted by atomic mass is 16.5. The number of aromatic amines is 1. The summed E-state index contributed by atoms with van der Waals surface area (Å²) in [4.78, 5) is 36.2. The predicted octanol–water partition coefficient (Wildman–Crippen LogP) is 0.782. The summed E-state index contributed by atoms with van der Waals surface area (Å²) in [5.41, 5.74) is 2.33. The van der Waals surface area contributed by atoms with Crippen LogP contribution in [-0.4, -0.2) is 58.1 Å². The van der Waals surface area contributed by atoms with E-state index < -0.39 is 0 Å². The lowest BCUT2D eigenvalue weighted by Crippen LogP contribution is -2.38. The Balaban J connectivity index is 1.56. The molecule has 0 radical (unpaired) electrons. The number of imidazole rings is 1. The summed E-state index contributed by atoms with van der Waals surface area (Å²) < 4.78 is 5.17. The summed E-state index contributed by atoms with van der Waals surface area (Å²) in [6, 6.07) is 3.77. The van der Waals surface area contributed by atoms with Gasteiger partial charge in [0.05, 0.1) is 20.0 Å². The standard InChI is InChI=1S/C16H17N7O2/c1-22(16-13-14(18-8-17-13)19-9-20-16)7-12(24)23-6-5-10-3-4-11(25-2)21-15(10)23/h3-4,8-9H,5-7H2,1-2H3,(H,17,18,19,20). The van der Waals surface area contributed by atoms with E-state index in [0.29, 0.717) is 35.2 Å². The van der Waals surface area contributed by atoms with Gasteiger partial charge in [-0.25, -0.2) is 15.0 Å². The van der Waals surface area contributed by atoms with Gasteiger partial charge in [0, 0.05) is 19.7 Å². The Morgan fingerprint density at radius 3 is 3.08 bits per heavy atom. The van der Waals surface area contributed by atoms with E-state index in [1.54, 1.807) is 23.2 Å². The zero-order valence-corrected chi connectivity index (χ0v) is 13.9. The van der Waals surface area contributed by atoms with Gasteiger partial charge < -0.3 is 14.6 Å². The van der Waals surface area contributed by atoms with Gasteiger partial charge in [0.25, 0.3) is 0 Å². The minimum absolute atomic E-state index is 0.0479. The van der Waals surface area contributed by atoms with Crippen molar-refractivity contribution in [3.8, 4) is 5.88 Å². The maximum atomic E-state index is 12.8. The highest BCUT2D eigenvalue weighted by Gasteiger charge is 2.27. The number of hydrogen-bond acceptors (Lipinski definition) is 7. The first-order valence-corrected chi connectivity index (χ1v) is 7.87. The largest absolute Gasteiger partial charge is 0.481 e. The number of aromatic nitrogens is 5. The Morgan fingerprint density at radius 1 is 1.36 bits per heavy atom. The van der Waals surface area contributed by atoms with Gasteiger partial charge >= 0.3 is 0 Å². The average Bonchev–Trinajstić information content (AvgIpc) is 3.27. The third kappa shape index (κ3) is 2.63. The van der Waals surface area contributed by atoms with E-state index in [1.807, 2.05) is 19.2 Å². The number of fused-ring (bicyclic) bond motifs is 2. The molecule has 1 aliphatic heterocycles. The van der Waals surface area contributed by atoms with Crippen molar-refractivity contribution in [2.75, 3.05) is 37.0 Å². The quantitative estimate of drug-likeness (QED) is 0.750. The molecule has 9 heteroatoms. The number of carbonyl (C=O) groups is 1. The monoisotopic (exact) mass is 339 g/mol. The number of rotatable bonds is 4. The molecule has 0 aromatic carbocycles. The van der Waals surface area contributed by atoms with E-state index in [1.165, 1.54) is 6.33 Å². The smallest absolute Gasteiger partial charge is 0.247 e. The number of H-pyrrole nitrogens is 1. The third-order valence-corrected chi connectivity index (χ3v) is 4.24. The normalized spacial score (nSPS) is 13.1. The number of carbonyl (C=O) groups excluding carboxylic acids is 1. The van der Waals surface area contributed by atoms with E-state index >= 15 is 0 Å². The second kappa shape index (κ2) is 6.00. The Kier molecular flexibility index (Phi) is 3.68. The van der Waals surface area contributed by atoms with Crippen molar-refractivity contribution in [2.45, 2.75) is 6.42 Å². The van der Waals surface area contributed by atoms with Crippen LogP contribution in [0.15, 0.2) is 24.8 Å². The Labute approximate surface area is 143 Å². The molecule has 0 bridgehead atoms. The van der Waals surface area contributed by atoms with Crippen molar-refractivity contribution < 1.29 is 9.53 Å². The molecule has 0 unspecified atom stereocenters. The molecule has 0 fully saturated rings. The summed E-state index contributed by atoms with van der Waals surface area (Å²) in [6.45, 7) is 0.787. The van der Waals surface area contributed by atoms with Crippen molar-refractivity contribution in [3.05, 3.63) is 30.4 Å². The molecule has 9 nitrogen and oxygen atoms in total. The van der Waals surface area contributed by atoms with Gasteiger partial charge in [-0.05, 0) is 18.1 Å². The number of nitrogens with one attached hydrogen (secondary N) is 1. The number of ether oxygens (including phenoxy) is 1. The first kappa shape index (κ1) is 15.3. The third-order valence-electron chi connectivity index (χ3n) is 4.24. The highest BCUT2D eigenvalue weighted by Crippen LogP contribution is 2.28. The maximum absolute atomic E-state index is 12.8. The van der Waals surface area contributed by atoms with Crippen LogP contribution in [0.5, 0.6) is 5.88 Å². The zero-order valence-electron chi connectivity index (χ0n) is 13.9. The molecule has 4 heterocycles. The fourth-order valence-electron chi connectivity index (χ4n) is 2.99. The molecule has 0 atom stereocenters. The van der Waals surface area contributed by atoms with Crippen molar-refractivity contribution in [1.29, 1.82) is 0 Å². The first-order chi connectivity index (χ1) is 12.2. The van der Waals surface area contributed by atoms with Crippen LogP contribution in [-0.2, 0) is 11.2 Å². The average molecular weight is 339 g/mol. The van der Waals surface area contributed by atoms with Gasteiger partial charge in [0.1, 0.15) is 17.7 Å². The van der Waals surface area contributed by atoms with Crippen molar-refractivity contribution in [1.82, 2.24) is 24.9 Å². The van der Waals surface area contributed by atoms with Gasteiger partial charge in [-0.3, -0.25) is 9.69 Å². The van der Waals surface area contributed by atoms with Crippen LogP contribution in [0.2, 0.25) is 0 Å². The molecule has 4 rings (SSSR count). The topological polar surface area (TPSA) is 100 Å². The second-order valence-electron chi connectivity index (χ2n) is 5.79. The highest BCUT2D eigenvalue weighted by molar-refractivity contribution is 5.98. The number of pyridine rings is 1. The second-order valence-corrected chi connectivity index (χ2v) is 5.79. The van der Waals surface area contributed by atoms with Crippen LogP contribution >= 0.6 is 0 Å². The molecular weight excluding hydrogens is 322 g/mol. The van der Waals surface area contributed by atoms with Crippen LogP contribution in [0.1, 0.15) is 5.56 Å². The predicted molar refractivity (Wildman–Crippen MR) is 91.8 cm³/mol. The minimum atomic E-state index is -0.0479. The number of hydrogen-bond donors (Lipinski definition) is 1. The zero-order chi connectivity index (χ0) is 17.4. The summed E-state index contributed by atoms with van der Waals surface area (Å²) in [5, 5.41) is 0. The molecule has 0 aliphatic carbocycles. The SMILES string of the molecule is COc1ccc2c(n1)N(C(=O)CN(C)c1ncnc3nc[nH]c13)CC2. The molecule has 3 aromatic heterocycles. The summed E-state index contributed by atoms with van der Waals surface area (Å²) in [6.07, 6.45) is 3.79. The number of methoxy groups -OCH3 is 1. The van der Waals surface area contributed by atoms with Crippen LogP contribution in [0.3, 0.4) is 0 Å². The summed E-state index contributed by atoms with van der Waals surface area (Å²) in [7, 11) is 3.38. The van der Waals surface area contributed by atoms with Gasteiger partial charge in [-0.1, -0.05) is 0 Å². The van der Waals surface area contributed by atoms with E-state index in [0.717, 1.165) is 12.0 Å². The van der Waals surface area contributed by atoms with Crippen LogP contribution in [0, 0.1) is 0 Å². The van der Waals surface area contributed by atoms with Gasteiger partial charge in [0.2, 0.25) is 11.8 Å². The number of nitrogens with zero attached hydrogens (tertiary/aromatic N) is 6. The molecule has 1 amide bonds. The fraction of sp³-hybridized carbons (Fsp3) is 0.312. The van der Waals surface area contributed by atoms with Gasteiger partial charge in [0.15, 0.2) is 11.5 Å². The molecule has 128 valence electrons. The molecule has 1 aliphatic rings. The van der Waals surface area contributed by atoms with Crippen LogP contribution in [0.4, 0.5) is 11.6 Å². The molecular formula is C16H17N7O2.